The van der Waals surface area contributed by atoms with Crippen molar-refractivity contribution < 1.29 is 28.7 Å². The summed E-state index contributed by atoms with van der Waals surface area (Å²) in [5, 5.41) is 8.74. The summed E-state index contributed by atoms with van der Waals surface area (Å²) in [4.78, 5) is 74.8. The Kier molecular flexibility index (Phi) is 14.4. The highest BCUT2D eigenvalue weighted by Gasteiger charge is 2.33. The smallest absolute Gasteiger partial charge is 0.327 e. The third-order valence-corrected chi connectivity index (χ3v) is 13.8. The molecular formula is C46H55Cl2N11O6. The van der Waals surface area contributed by atoms with Gasteiger partial charge in [-0.25, -0.2) is 19.7 Å². The first kappa shape index (κ1) is 45.7. The molecule has 0 bridgehead atoms. The molecule has 4 aliphatic rings. The molecule has 0 saturated carbocycles. The van der Waals surface area contributed by atoms with Crippen molar-refractivity contribution in [1.82, 2.24) is 30.1 Å². The zero-order valence-corrected chi connectivity index (χ0v) is 38.4. The number of halogens is 2. The number of carbonyl (C=O) groups excluding carboxylic acids is 4. The highest BCUT2D eigenvalue weighted by molar-refractivity contribution is 6.41. The number of aromatic nitrogens is 3. The van der Waals surface area contributed by atoms with Crippen molar-refractivity contribution in [2.45, 2.75) is 44.4 Å². The minimum Gasteiger partial charge on any atom is -0.495 e. The molecule has 1 atom stereocenters. The lowest BCUT2D eigenvalue weighted by Gasteiger charge is -2.40. The van der Waals surface area contributed by atoms with Gasteiger partial charge in [0, 0.05) is 94.9 Å². The molecule has 0 aliphatic carbocycles. The zero-order valence-electron chi connectivity index (χ0n) is 36.9. The highest BCUT2D eigenvalue weighted by Crippen LogP contribution is 2.44. The molecule has 2 aromatic carbocycles. The van der Waals surface area contributed by atoms with E-state index in [4.69, 9.17) is 32.7 Å². The molecule has 17 nitrogen and oxygen atoms in total. The van der Waals surface area contributed by atoms with Gasteiger partial charge in [0.25, 0.3) is 0 Å². The van der Waals surface area contributed by atoms with E-state index in [-0.39, 0.29) is 45.3 Å². The van der Waals surface area contributed by atoms with E-state index >= 15 is 0 Å². The molecule has 6 heterocycles. The Hall–Kier alpha value is -5.91. The quantitative estimate of drug-likeness (QED) is 0.133. The van der Waals surface area contributed by atoms with E-state index < -0.39 is 6.03 Å². The van der Waals surface area contributed by atoms with Crippen LogP contribution in [0.15, 0.2) is 61.1 Å². The third kappa shape index (κ3) is 10.6. The molecule has 3 N–H and O–H groups in total. The van der Waals surface area contributed by atoms with Crippen LogP contribution in [0.2, 0.25) is 10.0 Å². The van der Waals surface area contributed by atoms with Gasteiger partial charge in [-0.05, 0) is 93.1 Å². The molecule has 4 fully saturated rings. The summed E-state index contributed by atoms with van der Waals surface area (Å²) in [7, 11) is 4.47. The number of anilines is 6. The second-order valence-corrected chi connectivity index (χ2v) is 17.7. The summed E-state index contributed by atoms with van der Waals surface area (Å²) >= 11 is 12.9. The lowest BCUT2D eigenvalue weighted by molar-refractivity contribution is -0.137. The summed E-state index contributed by atoms with van der Waals surface area (Å²) in [5.41, 5.74) is 2.95. The van der Waals surface area contributed by atoms with Crippen LogP contribution in [0.25, 0.3) is 0 Å². The fourth-order valence-corrected chi connectivity index (χ4v) is 9.74. The number of carbonyl (C=O) groups is 4. The molecule has 0 radical (unpaired) electrons. The van der Waals surface area contributed by atoms with Gasteiger partial charge in [0.05, 0.1) is 25.8 Å². The van der Waals surface area contributed by atoms with Gasteiger partial charge in [-0.3, -0.25) is 24.6 Å². The molecule has 2 aromatic heterocycles. The van der Waals surface area contributed by atoms with Crippen LogP contribution in [-0.4, -0.2) is 129 Å². The topological polar surface area (TPSA) is 178 Å². The van der Waals surface area contributed by atoms with Crippen molar-refractivity contribution in [3.8, 4) is 11.5 Å². The molecule has 1 unspecified atom stereocenters. The number of urea groups is 1. The minimum atomic E-state index is -0.543. The molecule has 0 spiro atoms. The van der Waals surface area contributed by atoms with Gasteiger partial charge in [-0.2, -0.15) is 0 Å². The Morgan fingerprint density at radius 2 is 1.51 bits per heavy atom. The maximum atomic E-state index is 13.7. The number of likely N-dealkylation sites (tertiary alicyclic amines) is 1. The number of amides is 5. The van der Waals surface area contributed by atoms with Crippen molar-refractivity contribution in [2.75, 3.05) is 106 Å². The van der Waals surface area contributed by atoms with Gasteiger partial charge >= 0.3 is 6.03 Å². The van der Waals surface area contributed by atoms with Crippen molar-refractivity contribution in [3.05, 3.63) is 76.7 Å². The van der Waals surface area contributed by atoms with E-state index in [1.165, 1.54) is 31.5 Å². The number of piperidine rings is 3. The van der Waals surface area contributed by atoms with Crippen LogP contribution >= 0.6 is 23.2 Å². The number of benzene rings is 2. The number of methoxy groups -OCH3 is 2. The van der Waals surface area contributed by atoms with Crippen LogP contribution < -0.4 is 40.1 Å². The molecule has 344 valence electrons. The van der Waals surface area contributed by atoms with Crippen LogP contribution in [-0.2, 0) is 14.4 Å². The largest absolute Gasteiger partial charge is 0.495 e. The van der Waals surface area contributed by atoms with Gasteiger partial charge in [-0.1, -0.05) is 23.2 Å². The minimum absolute atomic E-state index is 0.0678. The fraction of sp³-hybridized carbons (Fsp3) is 0.457. The number of hydrogen-bond donors (Lipinski definition) is 3. The maximum absolute atomic E-state index is 13.7. The van der Waals surface area contributed by atoms with E-state index in [1.54, 1.807) is 19.3 Å². The Morgan fingerprint density at radius 3 is 2.17 bits per heavy atom. The van der Waals surface area contributed by atoms with Crippen molar-refractivity contribution >= 4 is 81.5 Å². The molecular weight excluding hydrogens is 873 g/mol. The number of piperazine rings is 1. The normalized spacial score (nSPS) is 18.8. The Morgan fingerprint density at radius 1 is 0.815 bits per heavy atom. The first-order valence-corrected chi connectivity index (χ1v) is 22.9. The van der Waals surface area contributed by atoms with Gasteiger partial charge in [-0.15, -0.1) is 0 Å². The molecule has 19 heteroatoms. The van der Waals surface area contributed by atoms with E-state index in [9.17, 15) is 19.2 Å². The number of nitrogens with zero attached hydrogens (tertiary/aromatic N) is 8. The second kappa shape index (κ2) is 20.5. The predicted octanol–water partition coefficient (Wildman–Crippen LogP) is 6.40. The summed E-state index contributed by atoms with van der Waals surface area (Å²) < 4.78 is 10.6. The lowest BCUT2D eigenvalue weighted by atomic mass is 9.90. The summed E-state index contributed by atoms with van der Waals surface area (Å²) in [5.74, 6) is 2.52. The summed E-state index contributed by atoms with van der Waals surface area (Å²) in [6, 6.07) is 14.6. The number of ether oxygens (including phenoxy) is 2. The summed E-state index contributed by atoms with van der Waals surface area (Å²) in [6.07, 6.45) is 7.97. The van der Waals surface area contributed by atoms with Crippen molar-refractivity contribution in [3.63, 3.8) is 0 Å². The molecule has 8 rings (SSSR count). The maximum Gasteiger partial charge on any atom is 0.327 e. The molecule has 4 aliphatic heterocycles. The standard InChI is InChI=1S/C46H55Cl2N11O6/c1-55(46(63)54-43-41(47)35(64-2)25-36(65-3)42(43)48)38-26-37(50-28-51-38)52-32-4-6-33(7-5-32)57-20-22-59(23-21-57)45(62)30-13-16-56(17-14-30)27-29-11-18-58(19-12-29)39-24-31(10-15-49-39)34-8-9-40(60)53-44(34)61/h4-7,10,15,24-26,28-30,34H,8-9,11-14,16-23,27H2,1-3H3,(H,54,63)(H,50,51,52)(H,53,60,61). The van der Waals surface area contributed by atoms with Gasteiger partial charge < -0.3 is 39.7 Å². The monoisotopic (exact) mass is 927 g/mol. The van der Waals surface area contributed by atoms with Crippen LogP contribution in [0.5, 0.6) is 11.5 Å². The first-order valence-electron chi connectivity index (χ1n) is 22.1. The van der Waals surface area contributed by atoms with Crippen LogP contribution in [0.3, 0.4) is 0 Å². The second-order valence-electron chi connectivity index (χ2n) is 17.0. The Bertz CT molecular complexity index is 2340. The average Bonchev–Trinajstić information content (AvgIpc) is 3.33. The van der Waals surface area contributed by atoms with Crippen molar-refractivity contribution in [2.24, 2.45) is 11.8 Å². The Labute approximate surface area is 388 Å². The Balaban J connectivity index is 0.755. The van der Waals surface area contributed by atoms with Crippen LogP contribution in [0.1, 0.15) is 50.0 Å². The molecule has 65 heavy (non-hydrogen) atoms. The van der Waals surface area contributed by atoms with Crippen LogP contribution in [0.4, 0.5) is 39.3 Å². The van der Waals surface area contributed by atoms with E-state index in [0.29, 0.717) is 55.0 Å². The van der Waals surface area contributed by atoms with E-state index in [1.807, 2.05) is 29.2 Å². The van der Waals surface area contributed by atoms with Crippen LogP contribution in [0, 0.1) is 11.8 Å². The van der Waals surface area contributed by atoms with Gasteiger partial charge in [0.15, 0.2) is 0 Å². The van der Waals surface area contributed by atoms with Crippen molar-refractivity contribution in [1.29, 1.82) is 0 Å². The lowest BCUT2D eigenvalue weighted by Crippen LogP contribution is -2.52. The highest BCUT2D eigenvalue weighted by atomic mass is 35.5. The van der Waals surface area contributed by atoms with E-state index in [0.717, 1.165) is 94.3 Å². The number of imide groups is 1. The number of nitrogens with one attached hydrogen (secondary N) is 3. The van der Waals surface area contributed by atoms with E-state index in [2.05, 4.69) is 57.7 Å². The molecule has 5 amide bonds. The zero-order chi connectivity index (χ0) is 45.6. The fourth-order valence-electron chi connectivity index (χ4n) is 9.14. The predicted molar refractivity (Wildman–Crippen MR) is 251 cm³/mol. The number of hydrogen-bond acceptors (Lipinski definition) is 13. The van der Waals surface area contributed by atoms with Gasteiger partial charge in [0.1, 0.15) is 45.3 Å². The third-order valence-electron chi connectivity index (χ3n) is 13.0. The van der Waals surface area contributed by atoms with Gasteiger partial charge in [0.2, 0.25) is 17.7 Å². The number of rotatable bonds is 12. The summed E-state index contributed by atoms with van der Waals surface area (Å²) in [6.45, 7) is 7.68. The molecule has 4 aromatic rings. The molecule has 4 saturated heterocycles. The number of pyridine rings is 1. The average molecular weight is 929 g/mol. The first-order chi connectivity index (χ1) is 31.5. The SMILES string of the molecule is COc1cc(OC)c(Cl)c(NC(=O)N(C)c2cc(Nc3ccc(N4CCN(C(=O)C5CCN(CC6CCN(c7cc(C8CCC(=O)NC8=O)ccn7)CC6)CC5)CC4)cc3)ncn2)c1Cl.